The van der Waals surface area contributed by atoms with Crippen LogP contribution < -0.4 is 10.1 Å². The molecule has 1 N–H and O–H groups in total. The van der Waals surface area contributed by atoms with Crippen molar-refractivity contribution in [2.24, 2.45) is 0 Å². The Morgan fingerprint density at radius 2 is 1.83 bits per heavy atom. The molecule has 1 unspecified atom stereocenters. The van der Waals surface area contributed by atoms with E-state index in [4.69, 9.17) is 4.74 Å². The van der Waals surface area contributed by atoms with Gasteiger partial charge in [0, 0.05) is 11.7 Å². The minimum absolute atomic E-state index is 0.0402. The molecule has 1 aliphatic rings. The zero-order chi connectivity index (χ0) is 21.1. The van der Waals surface area contributed by atoms with Crippen LogP contribution in [0.15, 0.2) is 53.7 Å². The topological polar surface area (TPSA) is 69.0 Å². The van der Waals surface area contributed by atoms with E-state index in [9.17, 15) is 4.79 Å². The summed E-state index contributed by atoms with van der Waals surface area (Å²) in [7, 11) is 0. The number of aryl methyl sites for hydroxylation is 2. The van der Waals surface area contributed by atoms with Gasteiger partial charge in [-0.3, -0.25) is 9.36 Å². The molecule has 3 aromatic rings. The SMILES string of the molecule is Cc1cccc(C)c1OCc1nnc(SC(C)C(=O)NC2CC2)n1-c1ccccc1. The van der Waals surface area contributed by atoms with E-state index in [1.807, 2.05) is 73.9 Å². The Morgan fingerprint density at radius 1 is 1.13 bits per heavy atom. The van der Waals surface area contributed by atoms with Gasteiger partial charge in [0.1, 0.15) is 12.4 Å². The number of ether oxygens (including phenoxy) is 1. The molecule has 1 amide bonds. The van der Waals surface area contributed by atoms with Crippen LogP contribution in [0.3, 0.4) is 0 Å². The summed E-state index contributed by atoms with van der Waals surface area (Å²) in [5.41, 5.74) is 3.11. The molecule has 0 radical (unpaired) electrons. The lowest BCUT2D eigenvalue weighted by molar-refractivity contribution is -0.120. The maximum atomic E-state index is 12.4. The third-order valence-corrected chi connectivity index (χ3v) is 6.09. The standard InChI is InChI=1S/C23H26N4O2S/c1-15-8-7-9-16(2)21(15)29-14-20-25-26-23(27(20)19-10-5-4-6-11-19)30-17(3)22(28)24-18-12-13-18/h4-11,17-18H,12-14H2,1-3H3,(H,24,28). The van der Waals surface area contributed by atoms with E-state index in [1.54, 1.807) is 0 Å². The van der Waals surface area contributed by atoms with E-state index in [1.165, 1.54) is 11.8 Å². The van der Waals surface area contributed by atoms with E-state index in [0.717, 1.165) is 35.4 Å². The lowest BCUT2D eigenvalue weighted by atomic mass is 10.1. The highest BCUT2D eigenvalue weighted by Gasteiger charge is 2.27. The second kappa shape index (κ2) is 8.92. The molecule has 2 aromatic carbocycles. The van der Waals surface area contributed by atoms with E-state index in [-0.39, 0.29) is 17.8 Å². The lowest BCUT2D eigenvalue weighted by Crippen LogP contribution is -2.32. The first-order chi connectivity index (χ1) is 14.5. The number of amides is 1. The normalized spacial score (nSPS) is 14.4. The predicted octanol–water partition coefficient (Wildman–Crippen LogP) is 4.22. The van der Waals surface area contributed by atoms with Gasteiger partial charge in [0.25, 0.3) is 0 Å². The summed E-state index contributed by atoms with van der Waals surface area (Å²) >= 11 is 1.41. The second-order valence-corrected chi connectivity index (χ2v) is 8.93. The number of benzene rings is 2. The third-order valence-electron chi connectivity index (χ3n) is 5.04. The number of thioether (sulfide) groups is 1. The molecule has 30 heavy (non-hydrogen) atoms. The zero-order valence-corrected chi connectivity index (χ0v) is 18.3. The number of hydrogen-bond donors (Lipinski definition) is 1. The van der Waals surface area contributed by atoms with Crippen molar-refractivity contribution >= 4 is 17.7 Å². The Bertz CT molecular complexity index is 1010. The van der Waals surface area contributed by atoms with Crippen LogP contribution in [-0.2, 0) is 11.4 Å². The minimum Gasteiger partial charge on any atom is -0.485 e. The summed E-state index contributed by atoms with van der Waals surface area (Å²) in [4.78, 5) is 12.4. The Labute approximate surface area is 181 Å². The minimum atomic E-state index is -0.260. The molecule has 0 aliphatic heterocycles. The van der Waals surface area contributed by atoms with Gasteiger partial charge in [0.05, 0.1) is 5.25 Å². The van der Waals surface area contributed by atoms with Crippen LogP contribution in [-0.4, -0.2) is 32.0 Å². The molecule has 0 spiro atoms. The summed E-state index contributed by atoms with van der Waals surface area (Å²) in [5.74, 6) is 1.60. The van der Waals surface area contributed by atoms with Crippen LogP contribution in [0.25, 0.3) is 5.69 Å². The number of nitrogens with one attached hydrogen (secondary N) is 1. The van der Waals surface area contributed by atoms with E-state index < -0.39 is 0 Å². The molecule has 1 aromatic heterocycles. The summed E-state index contributed by atoms with van der Waals surface area (Å²) in [5, 5.41) is 12.2. The van der Waals surface area contributed by atoms with Crippen LogP contribution in [0.5, 0.6) is 5.75 Å². The van der Waals surface area contributed by atoms with E-state index >= 15 is 0 Å². The van der Waals surface area contributed by atoms with Gasteiger partial charge in [-0.2, -0.15) is 0 Å². The number of carbonyl (C=O) groups excluding carboxylic acids is 1. The molecule has 1 fully saturated rings. The molecule has 156 valence electrons. The van der Waals surface area contributed by atoms with Gasteiger partial charge in [0.15, 0.2) is 11.0 Å². The summed E-state index contributed by atoms with van der Waals surface area (Å²) < 4.78 is 8.10. The van der Waals surface area contributed by atoms with Gasteiger partial charge in [-0.05, 0) is 56.9 Å². The summed E-state index contributed by atoms with van der Waals surface area (Å²) in [6, 6.07) is 16.4. The zero-order valence-electron chi connectivity index (χ0n) is 17.5. The number of para-hydroxylation sites is 2. The molecule has 1 aliphatic carbocycles. The van der Waals surface area contributed by atoms with Gasteiger partial charge in [-0.15, -0.1) is 10.2 Å². The highest BCUT2D eigenvalue weighted by molar-refractivity contribution is 8.00. The fraction of sp³-hybridized carbons (Fsp3) is 0.348. The van der Waals surface area contributed by atoms with E-state index in [0.29, 0.717) is 17.0 Å². The largest absolute Gasteiger partial charge is 0.485 e. The fourth-order valence-electron chi connectivity index (χ4n) is 3.23. The Hall–Kier alpha value is -2.80. The van der Waals surface area contributed by atoms with Crippen molar-refractivity contribution in [3.05, 3.63) is 65.5 Å². The van der Waals surface area contributed by atoms with Gasteiger partial charge in [-0.25, -0.2) is 0 Å². The number of rotatable bonds is 8. The van der Waals surface area contributed by atoms with Crippen LogP contribution in [0.2, 0.25) is 0 Å². The van der Waals surface area contributed by atoms with Crippen molar-refractivity contribution in [1.82, 2.24) is 20.1 Å². The highest BCUT2D eigenvalue weighted by atomic mass is 32.2. The molecule has 1 saturated carbocycles. The van der Waals surface area contributed by atoms with E-state index in [2.05, 4.69) is 15.5 Å². The first-order valence-electron chi connectivity index (χ1n) is 10.2. The first-order valence-corrected chi connectivity index (χ1v) is 11.1. The maximum Gasteiger partial charge on any atom is 0.233 e. The predicted molar refractivity (Wildman–Crippen MR) is 118 cm³/mol. The van der Waals surface area contributed by atoms with Crippen LogP contribution >= 0.6 is 11.8 Å². The Morgan fingerprint density at radius 3 is 2.50 bits per heavy atom. The lowest BCUT2D eigenvalue weighted by Gasteiger charge is -2.15. The smallest absolute Gasteiger partial charge is 0.233 e. The van der Waals surface area contributed by atoms with Crippen molar-refractivity contribution in [1.29, 1.82) is 0 Å². The fourth-order valence-corrected chi connectivity index (χ4v) is 4.12. The molecular formula is C23H26N4O2S. The van der Waals surface area contributed by atoms with Crippen molar-refractivity contribution in [2.45, 2.75) is 56.7 Å². The molecule has 0 saturated heterocycles. The summed E-state index contributed by atoms with van der Waals surface area (Å²) in [6.45, 7) is 6.26. The van der Waals surface area contributed by atoms with Crippen LogP contribution in [0.4, 0.5) is 0 Å². The number of carbonyl (C=O) groups is 1. The first kappa shape index (κ1) is 20.5. The van der Waals surface area contributed by atoms with Gasteiger partial charge < -0.3 is 10.1 Å². The second-order valence-electron chi connectivity index (χ2n) is 7.62. The van der Waals surface area contributed by atoms with Crippen molar-refractivity contribution in [2.75, 3.05) is 0 Å². The van der Waals surface area contributed by atoms with Gasteiger partial charge in [-0.1, -0.05) is 48.2 Å². The maximum absolute atomic E-state index is 12.4. The molecule has 4 rings (SSSR count). The number of nitrogens with zero attached hydrogens (tertiary/aromatic N) is 3. The van der Waals surface area contributed by atoms with Crippen molar-refractivity contribution in [3.8, 4) is 11.4 Å². The quantitative estimate of drug-likeness (QED) is 0.551. The number of aromatic nitrogens is 3. The molecule has 6 nitrogen and oxygen atoms in total. The van der Waals surface area contributed by atoms with Crippen molar-refractivity contribution < 1.29 is 9.53 Å². The molecule has 7 heteroatoms. The van der Waals surface area contributed by atoms with Gasteiger partial charge >= 0.3 is 0 Å². The third kappa shape index (κ3) is 4.67. The molecule has 1 heterocycles. The summed E-state index contributed by atoms with van der Waals surface area (Å²) in [6.07, 6.45) is 2.15. The Kier molecular flexibility index (Phi) is 6.08. The molecule has 0 bridgehead atoms. The molecule has 1 atom stereocenters. The highest BCUT2D eigenvalue weighted by Crippen LogP contribution is 2.28. The monoisotopic (exact) mass is 422 g/mol. The Balaban J connectivity index is 1.58. The number of hydrogen-bond acceptors (Lipinski definition) is 5. The molecular weight excluding hydrogens is 396 g/mol. The van der Waals surface area contributed by atoms with Crippen molar-refractivity contribution in [3.63, 3.8) is 0 Å². The van der Waals surface area contributed by atoms with Gasteiger partial charge in [0.2, 0.25) is 5.91 Å². The van der Waals surface area contributed by atoms with Crippen LogP contribution in [0, 0.1) is 13.8 Å². The van der Waals surface area contributed by atoms with Crippen LogP contribution in [0.1, 0.15) is 36.7 Å². The average Bonchev–Trinajstić information content (AvgIpc) is 3.47. The average molecular weight is 423 g/mol.